The number of hydrogen-bond donors (Lipinski definition) is 1. The van der Waals surface area contributed by atoms with Crippen molar-refractivity contribution in [1.82, 2.24) is 14.7 Å². The fourth-order valence-electron chi connectivity index (χ4n) is 2.12. The lowest BCUT2D eigenvalue weighted by Gasteiger charge is -2.28. The molecule has 0 unspecified atom stereocenters. The Kier molecular flexibility index (Phi) is 4.74. The van der Waals surface area contributed by atoms with Gasteiger partial charge in [0.25, 0.3) is 5.91 Å². The molecule has 0 aromatic carbocycles. The molecule has 108 valence electrons. The first-order chi connectivity index (χ1) is 8.67. The molecule has 0 saturated heterocycles. The molecule has 0 spiro atoms. The number of aliphatic hydroxyl groups is 1. The maximum Gasteiger partial charge on any atom is 0.257 e. The number of rotatable bonds is 5. The van der Waals surface area contributed by atoms with Crippen LogP contribution in [0.4, 0.5) is 0 Å². The third-order valence-corrected chi connectivity index (χ3v) is 3.01. The Hall–Kier alpha value is -1.36. The highest BCUT2D eigenvalue weighted by molar-refractivity contribution is 5.95. The molecule has 1 aromatic rings. The first-order valence-electron chi connectivity index (χ1n) is 6.73. The molecule has 0 fully saturated rings. The van der Waals surface area contributed by atoms with E-state index in [-0.39, 0.29) is 11.9 Å². The topological polar surface area (TPSA) is 58.4 Å². The summed E-state index contributed by atoms with van der Waals surface area (Å²) in [5.41, 5.74) is 0.585. The molecule has 19 heavy (non-hydrogen) atoms. The lowest BCUT2D eigenvalue weighted by atomic mass is 10.1. The van der Waals surface area contributed by atoms with E-state index >= 15 is 0 Å². The Morgan fingerprint density at radius 2 is 2.11 bits per heavy atom. The second kappa shape index (κ2) is 5.74. The van der Waals surface area contributed by atoms with Gasteiger partial charge in [-0.3, -0.25) is 9.48 Å². The quantitative estimate of drug-likeness (QED) is 0.887. The van der Waals surface area contributed by atoms with Gasteiger partial charge in [0.2, 0.25) is 0 Å². The minimum Gasteiger partial charge on any atom is -0.389 e. The Bertz CT molecular complexity index is 444. The summed E-state index contributed by atoms with van der Waals surface area (Å²) in [7, 11) is 0. The van der Waals surface area contributed by atoms with Gasteiger partial charge < -0.3 is 10.0 Å². The van der Waals surface area contributed by atoms with Crippen LogP contribution in [0.5, 0.6) is 0 Å². The van der Waals surface area contributed by atoms with Crippen molar-refractivity contribution in [1.29, 1.82) is 0 Å². The number of hydrogen-bond acceptors (Lipinski definition) is 3. The first kappa shape index (κ1) is 15.7. The smallest absolute Gasteiger partial charge is 0.257 e. The van der Waals surface area contributed by atoms with E-state index in [1.807, 2.05) is 32.4 Å². The maximum atomic E-state index is 12.5. The predicted octanol–water partition coefficient (Wildman–Crippen LogP) is 2.01. The lowest BCUT2D eigenvalue weighted by molar-refractivity contribution is 0.0314. The molecule has 0 aliphatic carbocycles. The normalized spacial score (nSPS) is 12.0. The fraction of sp³-hybridized carbons (Fsp3) is 0.714. The van der Waals surface area contributed by atoms with Crippen molar-refractivity contribution in [3.63, 3.8) is 0 Å². The summed E-state index contributed by atoms with van der Waals surface area (Å²) < 4.78 is 1.84. The Morgan fingerprint density at radius 1 is 1.53 bits per heavy atom. The van der Waals surface area contributed by atoms with Crippen molar-refractivity contribution < 1.29 is 9.90 Å². The van der Waals surface area contributed by atoms with Gasteiger partial charge in [0.05, 0.1) is 17.4 Å². The highest BCUT2D eigenvalue weighted by Crippen LogP contribution is 2.16. The fourth-order valence-corrected chi connectivity index (χ4v) is 2.12. The molecule has 0 saturated carbocycles. The van der Waals surface area contributed by atoms with E-state index in [1.54, 1.807) is 24.9 Å². The number of aromatic nitrogens is 2. The molecule has 5 nitrogen and oxygen atoms in total. The van der Waals surface area contributed by atoms with E-state index in [0.717, 1.165) is 5.69 Å². The Balaban J connectivity index is 2.98. The van der Waals surface area contributed by atoms with Gasteiger partial charge in [-0.1, -0.05) is 0 Å². The zero-order chi connectivity index (χ0) is 14.8. The summed E-state index contributed by atoms with van der Waals surface area (Å²) >= 11 is 0. The van der Waals surface area contributed by atoms with Gasteiger partial charge in [-0.15, -0.1) is 0 Å². The third-order valence-electron chi connectivity index (χ3n) is 3.01. The monoisotopic (exact) mass is 267 g/mol. The molecule has 1 N–H and O–H groups in total. The van der Waals surface area contributed by atoms with Gasteiger partial charge in [0, 0.05) is 24.8 Å². The van der Waals surface area contributed by atoms with Crippen LogP contribution in [0.3, 0.4) is 0 Å². The predicted molar refractivity (Wildman–Crippen MR) is 75.2 cm³/mol. The molecule has 1 amide bonds. The summed E-state index contributed by atoms with van der Waals surface area (Å²) in [4.78, 5) is 14.1. The highest BCUT2D eigenvalue weighted by Gasteiger charge is 2.25. The molecule has 1 aromatic heterocycles. The minimum absolute atomic E-state index is 0.0750. The number of carbonyl (C=O) groups excluding carboxylic acids is 1. The molecule has 0 atom stereocenters. The average Bonchev–Trinajstić information content (AvgIpc) is 2.66. The van der Waals surface area contributed by atoms with Gasteiger partial charge in [-0.25, -0.2) is 0 Å². The molecular weight excluding hydrogens is 242 g/mol. The summed E-state index contributed by atoms with van der Waals surface area (Å²) in [5, 5.41) is 14.1. The Morgan fingerprint density at radius 3 is 2.47 bits per heavy atom. The van der Waals surface area contributed by atoms with E-state index in [4.69, 9.17) is 0 Å². The Labute approximate surface area is 115 Å². The highest BCUT2D eigenvalue weighted by atomic mass is 16.3. The summed E-state index contributed by atoms with van der Waals surface area (Å²) in [5.74, 6) is -0.0750. The largest absolute Gasteiger partial charge is 0.389 e. The zero-order valence-electron chi connectivity index (χ0n) is 12.8. The second-order valence-electron chi connectivity index (χ2n) is 5.81. The standard InChI is InChI=1S/C14H25N3O2/c1-7-16(9-14(5,6)19)13(18)12-8-15-17(10(2)3)11(12)4/h8,10,19H,7,9H2,1-6H3. The van der Waals surface area contributed by atoms with Gasteiger partial charge in [0.15, 0.2) is 0 Å². The van der Waals surface area contributed by atoms with Crippen molar-refractivity contribution in [3.05, 3.63) is 17.5 Å². The van der Waals surface area contributed by atoms with Crippen molar-refractivity contribution in [2.75, 3.05) is 13.1 Å². The van der Waals surface area contributed by atoms with Crippen molar-refractivity contribution in [2.24, 2.45) is 0 Å². The summed E-state index contributed by atoms with van der Waals surface area (Å²) in [6, 6.07) is 0.228. The maximum absolute atomic E-state index is 12.5. The summed E-state index contributed by atoms with van der Waals surface area (Å²) in [6.07, 6.45) is 1.62. The van der Waals surface area contributed by atoms with Gasteiger partial charge in [-0.05, 0) is 41.5 Å². The van der Waals surface area contributed by atoms with Gasteiger partial charge >= 0.3 is 0 Å². The first-order valence-corrected chi connectivity index (χ1v) is 6.73. The van der Waals surface area contributed by atoms with Crippen molar-refractivity contribution in [3.8, 4) is 0 Å². The summed E-state index contributed by atoms with van der Waals surface area (Å²) in [6.45, 7) is 12.2. The van der Waals surface area contributed by atoms with E-state index < -0.39 is 5.60 Å². The van der Waals surface area contributed by atoms with Crippen molar-refractivity contribution >= 4 is 5.91 Å². The number of amides is 1. The van der Waals surface area contributed by atoms with E-state index in [0.29, 0.717) is 18.7 Å². The van der Waals surface area contributed by atoms with Crippen LogP contribution in [-0.4, -0.2) is 44.4 Å². The molecule has 1 heterocycles. The number of likely N-dealkylation sites (N-methyl/N-ethyl adjacent to an activating group) is 1. The van der Waals surface area contributed by atoms with Crippen LogP contribution in [-0.2, 0) is 0 Å². The molecular formula is C14H25N3O2. The molecule has 5 heteroatoms. The van der Waals surface area contributed by atoms with Crippen LogP contribution in [0.1, 0.15) is 56.7 Å². The number of carbonyl (C=O) groups is 1. The van der Waals surface area contributed by atoms with Crippen molar-refractivity contribution in [2.45, 2.75) is 53.2 Å². The molecule has 0 aliphatic rings. The molecule has 1 rings (SSSR count). The van der Waals surface area contributed by atoms with Gasteiger partial charge in [0.1, 0.15) is 0 Å². The third kappa shape index (κ3) is 3.80. The van der Waals surface area contributed by atoms with E-state index in [2.05, 4.69) is 5.10 Å². The van der Waals surface area contributed by atoms with Crippen LogP contribution >= 0.6 is 0 Å². The van der Waals surface area contributed by atoms with E-state index in [9.17, 15) is 9.90 Å². The minimum atomic E-state index is -0.895. The molecule has 0 aliphatic heterocycles. The van der Waals surface area contributed by atoms with Crippen LogP contribution in [0.25, 0.3) is 0 Å². The van der Waals surface area contributed by atoms with Crippen LogP contribution < -0.4 is 0 Å². The molecule has 0 bridgehead atoms. The lowest BCUT2D eigenvalue weighted by Crippen LogP contribution is -2.42. The SMILES string of the molecule is CCN(CC(C)(C)O)C(=O)c1cnn(C(C)C)c1C. The zero-order valence-corrected chi connectivity index (χ0v) is 12.8. The van der Waals surface area contributed by atoms with Crippen LogP contribution in [0.15, 0.2) is 6.20 Å². The molecule has 0 radical (unpaired) electrons. The second-order valence-corrected chi connectivity index (χ2v) is 5.81. The number of nitrogens with zero attached hydrogens (tertiary/aromatic N) is 3. The van der Waals surface area contributed by atoms with Gasteiger partial charge in [-0.2, -0.15) is 5.10 Å². The van der Waals surface area contributed by atoms with Crippen LogP contribution in [0.2, 0.25) is 0 Å². The average molecular weight is 267 g/mol. The van der Waals surface area contributed by atoms with E-state index in [1.165, 1.54) is 0 Å². The van der Waals surface area contributed by atoms with Crippen LogP contribution in [0, 0.1) is 6.92 Å².